The number of hydrogen-bond acceptors (Lipinski definition) is 5. The second kappa shape index (κ2) is 8.93. The van der Waals surface area contributed by atoms with Crippen LogP contribution in [0.15, 0.2) is 30.5 Å². The number of halogens is 3. The summed E-state index contributed by atoms with van der Waals surface area (Å²) >= 11 is 0. The molecule has 172 valence electrons. The molecular formula is C22H26F3N5O2. The number of benzene rings is 1. The van der Waals surface area contributed by atoms with Crippen molar-refractivity contribution in [2.75, 3.05) is 44.2 Å². The van der Waals surface area contributed by atoms with Crippen LogP contribution in [0.25, 0.3) is 0 Å². The third-order valence-corrected chi connectivity index (χ3v) is 5.97. The average molecular weight is 449 g/mol. The highest BCUT2D eigenvalue weighted by molar-refractivity contribution is 5.92. The topological polar surface area (TPSA) is 61.7 Å². The molecule has 2 saturated heterocycles. The second-order valence-electron chi connectivity index (χ2n) is 8.33. The van der Waals surface area contributed by atoms with E-state index < -0.39 is 11.7 Å². The van der Waals surface area contributed by atoms with E-state index in [0.717, 1.165) is 30.6 Å². The highest BCUT2D eigenvalue weighted by Crippen LogP contribution is 2.34. The molecular weight excluding hydrogens is 423 g/mol. The molecule has 10 heteroatoms. The Balaban J connectivity index is 1.41. The summed E-state index contributed by atoms with van der Waals surface area (Å²) in [6, 6.07) is 5.51. The lowest BCUT2D eigenvalue weighted by molar-refractivity contribution is -0.137. The Morgan fingerprint density at radius 3 is 2.28 bits per heavy atom. The van der Waals surface area contributed by atoms with Crippen molar-refractivity contribution < 1.29 is 22.8 Å². The van der Waals surface area contributed by atoms with Gasteiger partial charge in [-0.15, -0.1) is 0 Å². The van der Waals surface area contributed by atoms with Gasteiger partial charge >= 0.3 is 12.2 Å². The smallest absolute Gasteiger partial charge is 0.372 e. The Morgan fingerprint density at radius 1 is 1.00 bits per heavy atom. The molecule has 32 heavy (non-hydrogen) atoms. The van der Waals surface area contributed by atoms with Crippen molar-refractivity contribution in [2.24, 2.45) is 0 Å². The minimum atomic E-state index is -4.39. The number of carbonyl (C=O) groups excluding carboxylic acids is 2. The van der Waals surface area contributed by atoms with Crippen LogP contribution in [0.2, 0.25) is 0 Å². The minimum Gasteiger partial charge on any atom is -0.372 e. The first-order valence-corrected chi connectivity index (χ1v) is 10.7. The van der Waals surface area contributed by atoms with Crippen LogP contribution < -0.4 is 4.90 Å². The van der Waals surface area contributed by atoms with Gasteiger partial charge in [-0.1, -0.05) is 0 Å². The maximum atomic E-state index is 13.5. The molecule has 0 radical (unpaired) electrons. The number of piperazine rings is 1. The van der Waals surface area contributed by atoms with Gasteiger partial charge in [-0.2, -0.15) is 23.0 Å². The van der Waals surface area contributed by atoms with Crippen molar-refractivity contribution in [1.29, 1.82) is 0 Å². The van der Waals surface area contributed by atoms with Crippen LogP contribution in [0.3, 0.4) is 0 Å². The van der Waals surface area contributed by atoms with E-state index in [9.17, 15) is 22.8 Å². The van der Waals surface area contributed by atoms with Crippen LogP contribution in [-0.2, 0) is 12.7 Å². The number of ketones is 1. The molecule has 0 atom stereocenters. The number of carbonyl (C=O) groups is 2. The van der Waals surface area contributed by atoms with Crippen LogP contribution in [-0.4, -0.2) is 70.7 Å². The van der Waals surface area contributed by atoms with Gasteiger partial charge in [0.2, 0.25) is 0 Å². The summed E-state index contributed by atoms with van der Waals surface area (Å²) in [7, 11) is 0. The zero-order valence-corrected chi connectivity index (χ0v) is 17.9. The predicted molar refractivity (Wildman–Crippen MR) is 113 cm³/mol. The van der Waals surface area contributed by atoms with Crippen LogP contribution in [0.4, 0.5) is 23.7 Å². The molecule has 1 amide bonds. The largest absolute Gasteiger partial charge is 0.416 e. The standard InChI is InChI=1S/C22H26F3N5O2/c1-16(31)20-4-7-30(26-20)21(32)29-10-8-27(9-11-29)15-17-12-18(22(23,24)25)14-19(13-17)28-5-2-3-6-28/h4,7,12-14H,2-3,5-6,8-11,15H2,1H3. The van der Waals surface area contributed by atoms with Gasteiger partial charge in [0.25, 0.3) is 0 Å². The number of rotatable bonds is 4. The van der Waals surface area contributed by atoms with Gasteiger partial charge in [0.1, 0.15) is 5.69 Å². The highest BCUT2D eigenvalue weighted by atomic mass is 19.4. The molecule has 7 nitrogen and oxygen atoms in total. The molecule has 0 N–H and O–H groups in total. The van der Waals surface area contributed by atoms with Crippen molar-refractivity contribution in [3.63, 3.8) is 0 Å². The van der Waals surface area contributed by atoms with Crippen molar-refractivity contribution in [3.05, 3.63) is 47.3 Å². The highest BCUT2D eigenvalue weighted by Gasteiger charge is 2.32. The van der Waals surface area contributed by atoms with Crippen molar-refractivity contribution in [2.45, 2.75) is 32.5 Å². The Morgan fingerprint density at radius 2 is 1.69 bits per heavy atom. The molecule has 1 aromatic carbocycles. The lowest BCUT2D eigenvalue weighted by Gasteiger charge is -2.34. The third-order valence-electron chi connectivity index (χ3n) is 5.97. The predicted octanol–water partition coefficient (Wildman–Crippen LogP) is 3.49. The fraction of sp³-hybridized carbons (Fsp3) is 0.500. The number of amides is 1. The molecule has 2 aliphatic heterocycles. The first-order valence-electron chi connectivity index (χ1n) is 10.7. The summed E-state index contributed by atoms with van der Waals surface area (Å²) in [6.07, 6.45) is -0.941. The molecule has 1 aromatic heterocycles. The number of alkyl halides is 3. The number of nitrogens with zero attached hydrogens (tertiary/aromatic N) is 5. The second-order valence-corrected chi connectivity index (χ2v) is 8.33. The monoisotopic (exact) mass is 449 g/mol. The van der Waals surface area contributed by atoms with E-state index in [2.05, 4.69) is 10.00 Å². The van der Waals surface area contributed by atoms with Crippen LogP contribution in [0.1, 0.15) is 41.4 Å². The van der Waals surface area contributed by atoms with Crippen molar-refractivity contribution in [3.8, 4) is 0 Å². The summed E-state index contributed by atoms with van der Waals surface area (Å²) < 4.78 is 41.5. The van der Waals surface area contributed by atoms with Gasteiger partial charge in [0.15, 0.2) is 5.78 Å². The van der Waals surface area contributed by atoms with Crippen LogP contribution in [0, 0.1) is 0 Å². The fourth-order valence-electron chi connectivity index (χ4n) is 4.21. The fourth-order valence-corrected chi connectivity index (χ4v) is 4.21. The quantitative estimate of drug-likeness (QED) is 0.669. The Kier molecular flexibility index (Phi) is 6.23. The maximum absolute atomic E-state index is 13.5. The van der Waals surface area contributed by atoms with Gasteiger partial charge in [0, 0.05) is 64.6 Å². The molecule has 0 saturated carbocycles. The molecule has 2 aliphatic rings. The Bertz CT molecular complexity index is 990. The summed E-state index contributed by atoms with van der Waals surface area (Å²) in [6.45, 7) is 5.30. The van der Waals surface area contributed by atoms with E-state index in [1.807, 2.05) is 11.0 Å². The van der Waals surface area contributed by atoms with E-state index >= 15 is 0 Å². The molecule has 4 rings (SSSR count). The van der Waals surface area contributed by atoms with Crippen molar-refractivity contribution >= 4 is 17.5 Å². The third kappa shape index (κ3) is 4.95. The molecule has 0 aliphatic carbocycles. The van der Waals surface area contributed by atoms with Crippen molar-refractivity contribution in [1.82, 2.24) is 19.6 Å². The van der Waals surface area contributed by atoms with Gasteiger partial charge in [-0.25, -0.2) is 4.79 Å². The molecule has 2 fully saturated rings. The van der Waals surface area contributed by atoms with Crippen LogP contribution in [0.5, 0.6) is 0 Å². The molecule has 2 aromatic rings. The lowest BCUT2D eigenvalue weighted by atomic mass is 10.1. The summed E-state index contributed by atoms with van der Waals surface area (Å²) in [5.74, 6) is -0.212. The number of hydrogen-bond donors (Lipinski definition) is 0. The zero-order valence-electron chi connectivity index (χ0n) is 17.9. The average Bonchev–Trinajstić information content (AvgIpc) is 3.45. The number of aromatic nitrogens is 2. The molecule has 3 heterocycles. The first kappa shape index (κ1) is 22.3. The Labute approximate surface area is 184 Å². The van der Waals surface area contributed by atoms with Gasteiger partial charge in [0.05, 0.1) is 5.56 Å². The lowest BCUT2D eigenvalue weighted by Crippen LogP contribution is -2.49. The maximum Gasteiger partial charge on any atom is 0.416 e. The Hall–Kier alpha value is -2.88. The number of anilines is 1. The normalized spacial score (nSPS) is 17.8. The summed E-state index contributed by atoms with van der Waals surface area (Å²) in [4.78, 5) is 29.7. The van der Waals surface area contributed by atoms with Gasteiger partial charge in [-0.3, -0.25) is 9.69 Å². The zero-order chi connectivity index (χ0) is 22.9. The van der Waals surface area contributed by atoms with E-state index in [-0.39, 0.29) is 17.5 Å². The van der Waals surface area contributed by atoms with E-state index in [1.54, 1.807) is 4.90 Å². The summed E-state index contributed by atoms with van der Waals surface area (Å²) in [5.41, 5.74) is 0.863. The van der Waals surface area contributed by atoms with E-state index in [0.29, 0.717) is 44.0 Å². The summed E-state index contributed by atoms with van der Waals surface area (Å²) in [5, 5.41) is 4.00. The minimum absolute atomic E-state index is 0.212. The molecule has 0 bridgehead atoms. The SMILES string of the molecule is CC(=O)c1ccn(C(=O)N2CCN(Cc3cc(N4CCCC4)cc(C(F)(F)F)c3)CC2)n1. The number of Topliss-reactive ketones (excluding diaryl/α,β-unsaturated/α-hetero) is 1. The first-order chi connectivity index (χ1) is 15.2. The van der Waals surface area contributed by atoms with E-state index in [1.165, 1.54) is 31.3 Å². The van der Waals surface area contributed by atoms with Crippen LogP contribution >= 0.6 is 0 Å². The molecule has 0 unspecified atom stereocenters. The van der Waals surface area contributed by atoms with E-state index in [4.69, 9.17) is 0 Å². The van der Waals surface area contributed by atoms with Gasteiger partial charge < -0.3 is 9.80 Å². The van der Waals surface area contributed by atoms with Gasteiger partial charge in [-0.05, 0) is 42.7 Å². The molecule has 0 spiro atoms.